The molecule has 7 heteroatoms. The van der Waals surface area contributed by atoms with Crippen molar-refractivity contribution in [2.75, 3.05) is 6.54 Å². The van der Waals surface area contributed by atoms with Crippen LogP contribution in [-0.2, 0) is 4.43 Å². The molecular formula is C12H24N2O3SSi. The van der Waals surface area contributed by atoms with E-state index >= 15 is 0 Å². The molecule has 0 aromatic heterocycles. The van der Waals surface area contributed by atoms with Gasteiger partial charge in [-0.1, -0.05) is 20.8 Å². The fraction of sp³-hybridized carbons (Fsp3) is 0.833. The highest BCUT2D eigenvalue weighted by molar-refractivity contribution is 7.80. The van der Waals surface area contributed by atoms with E-state index in [1.165, 1.54) is 0 Å². The van der Waals surface area contributed by atoms with Gasteiger partial charge in [0.15, 0.2) is 13.4 Å². The third kappa shape index (κ3) is 4.74. The predicted octanol–water partition coefficient (Wildman–Crippen LogP) is 2.68. The average Bonchev–Trinajstić information content (AvgIpc) is 2.92. The van der Waals surface area contributed by atoms with Crippen LogP contribution in [-0.4, -0.2) is 36.8 Å². The minimum absolute atomic E-state index is 0.137. The quantitative estimate of drug-likeness (QED) is 0.550. The molecule has 0 aromatic carbocycles. The van der Waals surface area contributed by atoms with E-state index in [0.29, 0.717) is 6.54 Å². The van der Waals surface area contributed by atoms with Gasteiger partial charge in [-0.15, -0.1) is 0 Å². The normalized spacial score (nSPS) is 17.7. The fourth-order valence-corrected chi connectivity index (χ4v) is 3.36. The molecule has 0 aliphatic heterocycles. The number of nitrogens with one attached hydrogen (secondary N) is 2. The zero-order chi connectivity index (χ0) is 14.9. The van der Waals surface area contributed by atoms with Gasteiger partial charge < -0.3 is 14.8 Å². The maximum atomic E-state index is 10.4. The molecule has 0 atom stereocenters. The van der Waals surface area contributed by atoms with E-state index in [1.54, 1.807) is 0 Å². The molecule has 0 heterocycles. The van der Waals surface area contributed by atoms with Crippen molar-refractivity contribution in [3.8, 4) is 0 Å². The lowest BCUT2D eigenvalue weighted by molar-refractivity contribution is 0.160. The summed E-state index contributed by atoms with van der Waals surface area (Å²) in [5.41, 5.74) is -0.159. The van der Waals surface area contributed by atoms with Crippen LogP contribution in [0.15, 0.2) is 0 Å². The average molecular weight is 304 g/mol. The Morgan fingerprint density at radius 1 is 1.42 bits per heavy atom. The van der Waals surface area contributed by atoms with Crippen molar-refractivity contribution in [3.05, 3.63) is 0 Å². The Balaban J connectivity index is 2.50. The molecule has 0 unspecified atom stereocenters. The van der Waals surface area contributed by atoms with Crippen LogP contribution in [0.2, 0.25) is 18.1 Å². The molecule has 1 aliphatic rings. The Bertz CT molecular complexity index is 376. The number of carbonyl (C=O) groups is 1. The van der Waals surface area contributed by atoms with Gasteiger partial charge in [-0.3, -0.25) is 5.32 Å². The maximum absolute atomic E-state index is 10.4. The molecule has 1 rings (SSSR count). The number of carboxylic acid groups (broad SMARTS) is 1. The van der Waals surface area contributed by atoms with Crippen LogP contribution >= 0.6 is 12.2 Å². The molecule has 3 N–H and O–H groups in total. The highest BCUT2D eigenvalue weighted by Gasteiger charge is 2.51. The number of thiocarbonyl (C=S) groups is 1. The van der Waals surface area contributed by atoms with Crippen molar-refractivity contribution < 1.29 is 14.3 Å². The van der Waals surface area contributed by atoms with Crippen LogP contribution in [0.1, 0.15) is 33.6 Å². The molecule has 1 amide bonds. The maximum Gasteiger partial charge on any atom is 0.410 e. The van der Waals surface area contributed by atoms with Crippen molar-refractivity contribution in [2.45, 2.75) is 57.3 Å². The van der Waals surface area contributed by atoms with Crippen LogP contribution in [0.4, 0.5) is 4.79 Å². The lowest BCUT2D eigenvalue weighted by atomic mass is 10.2. The van der Waals surface area contributed by atoms with Gasteiger partial charge in [0.2, 0.25) is 0 Å². The van der Waals surface area contributed by atoms with E-state index in [1.807, 2.05) is 0 Å². The van der Waals surface area contributed by atoms with Gasteiger partial charge in [-0.05, 0) is 43.2 Å². The Hall–Kier alpha value is -0.663. The largest absolute Gasteiger partial charge is 0.465 e. The lowest BCUT2D eigenvalue weighted by Crippen LogP contribution is -2.49. The first kappa shape index (κ1) is 16.4. The monoisotopic (exact) mass is 304 g/mol. The van der Waals surface area contributed by atoms with Crippen LogP contribution in [0.3, 0.4) is 0 Å². The van der Waals surface area contributed by atoms with Gasteiger partial charge in [-0.2, -0.15) is 0 Å². The zero-order valence-corrected chi connectivity index (χ0v) is 14.1. The number of hydrogen-bond acceptors (Lipinski definition) is 3. The third-order valence-corrected chi connectivity index (χ3v) is 8.68. The van der Waals surface area contributed by atoms with Crippen LogP contribution in [0, 0.1) is 0 Å². The molecule has 0 spiro atoms. The number of amides is 1. The van der Waals surface area contributed by atoms with Gasteiger partial charge in [0.05, 0.1) is 5.60 Å². The van der Waals surface area contributed by atoms with Crippen molar-refractivity contribution in [3.63, 3.8) is 0 Å². The molecule has 0 radical (unpaired) electrons. The zero-order valence-electron chi connectivity index (χ0n) is 12.3. The Kier molecular flexibility index (Phi) is 4.64. The second-order valence-electron chi connectivity index (χ2n) is 6.66. The van der Waals surface area contributed by atoms with E-state index < -0.39 is 14.4 Å². The molecule has 1 fully saturated rings. The predicted molar refractivity (Wildman–Crippen MR) is 82.0 cm³/mol. The van der Waals surface area contributed by atoms with Crippen molar-refractivity contribution in [1.29, 1.82) is 0 Å². The van der Waals surface area contributed by atoms with Gasteiger partial charge >= 0.3 is 6.09 Å². The van der Waals surface area contributed by atoms with Crippen molar-refractivity contribution in [2.24, 2.45) is 0 Å². The Morgan fingerprint density at radius 2 is 1.95 bits per heavy atom. The van der Waals surface area contributed by atoms with Crippen molar-refractivity contribution >= 4 is 31.7 Å². The Morgan fingerprint density at radius 3 is 2.32 bits per heavy atom. The molecule has 110 valence electrons. The van der Waals surface area contributed by atoms with E-state index in [2.05, 4.69) is 44.5 Å². The minimum Gasteiger partial charge on any atom is -0.465 e. The molecule has 1 saturated carbocycles. The molecule has 19 heavy (non-hydrogen) atoms. The van der Waals surface area contributed by atoms with E-state index in [-0.39, 0.29) is 15.8 Å². The summed E-state index contributed by atoms with van der Waals surface area (Å²) in [4.78, 5) is 10.4. The second kappa shape index (κ2) is 5.38. The van der Waals surface area contributed by atoms with Gasteiger partial charge in [0.1, 0.15) is 0 Å². The molecule has 0 bridgehead atoms. The molecule has 0 aromatic rings. The third-order valence-electron chi connectivity index (χ3n) is 3.88. The van der Waals surface area contributed by atoms with Crippen LogP contribution < -0.4 is 10.6 Å². The summed E-state index contributed by atoms with van der Waals surface area (Å²) in [6.07, 6.45) is 0.859. The molecular weight excluding hydrogens is 280 g/mol. The summed E-state index contributed by atoms with van der Waals surface area (Å²) in [5, 5.41) is 13.9. The summed E-state index contributed by atoms with van der Waals surface area (Å²) in [6.45, 7) is 11.6. The van der Waals surface area contributed by atoms with Crippen molar-refractivity contribution in [1.82, 2.24) is 10.6 Å². The van der Waals surface area contributed by atoms with Crippen LogP contribution in [0.5, 0.6) is 0 Å². The first-order chi connectivity index (χ1) is 8.47. The number of rotatable bonds is 4. The molecule has 5 nitrogen and oxygen atoms in total. The summed E-state index contributed by atoms with van der Waals surface area (Å²) in [5.74, 6) is 0. The molecule has 0 saturated heterocycles. The summed E-state index contributed by atoms with van der Waals surface area (Å²) < 4.78 is 6.40. The first-order valence-electron chi connectivity index (χ1n) is 6.45. The first-order valence-corrected chi connectivity index (χ1v) is 9.77. The summed E-state index contributed by atoms with van der Waals surface area (Å²) in [7, 11) is -1.80. The molecule has 1 aliphatic carbocycles. The lowest BCUT2D eigenvalue weighted by Gasteiger charge is -2.39. The summed E-state index contributed by atoms with van der Waals surface area (Å²) >= 11 is 4.89. The van der Waals surface area contributed by atoms with Gasteiger partial charge in [0.25, 0.3) is 0 Å². The smallest absolute Gasteiger partial charge is 0.410 e. The summed E-state index contributed by atoms with van der Waals surface area (Å²) in [6, 6.07) is 0. The topological polar surface area (TPSA) is 70.6 Å². The second-order valence-corrected chi connectivity index (χ2v) is 11.8. The standard InChI is InChI=1S/C12H24N2O3SSi/c1-11(2,3)19(4,5)17-12(6-7-12)8-13-9(18)14-10(15)16/h6-8H2,1-5H3,(H,15,16)(H2,13,14,18). The SMILES string of the molecule is CC(C)(C)[Si](C)(C)OC1(CNC(=S)NC(=O)O)CC1. The van der Waals surface area contributed by atoms with E-state index in [9.17, 15) is 4.79 Å². The fourth-order valence-electron chi connectivity index (χ4n) is 1.53. The van der Waals surface area contributed by atoms with Gasteiger partial charge in [0, 0.05) is 6.54 Å². The van der Waals surface area contributed by atoms with Crippen LogP contribution in [0.25, 0.3) is 0 Å². The van der Waals surface area contributed by atoms with Gasteiger partial charge in [-0.25, -0.2) is 4.79 Å². The number of hydrogen-bond donors (Lipinski definition) is 3. The Labute approximate surface area is 121 Å². The minimum atomic E-state index is -1.80. The van der Waals surface area contributed by atoms with E-state index in [0.717, 1.165) is 12.8 Å². The highest BCUT2D eigenvalue weighted by Crippen LogP contribution is 2.47. The van der Waals surface area contributed by atoms with E-state index in [4.69, 9.17) is 21.8 Å². The highest BCUT2D eigenvalue weighted by atomic mass is 32.1.